The van der Waals surface area contributed by atoms with Crippen molar-refractivity contribution in [2.45, 2.75) is 45.7 Å². The van der Waals surface area contributed by atoms with E-state index in [9.17, 15) is 0 Å². The molecule has 1 aliphatic heterocycles. The molecule has 2 rings (SSSR count). The van der Waals surface area contributed by atoms with Gasteiger partial charge >= 0.3 is 0 Å². The highest BCUT2D eigenvalue weighted by Crippen LogP contribution is 2.20. The Morgan fingerprint density at radius 1 is 1.47 bits per heavy atom. The van der Waals surface area contributed by atoms with E-state index in [0.29, 0.717) is 6.04 Å². The highest BCUT2D eigenvalue weighted by molar-refractivity contribution is 5.85. The van der Waals surface area contributed by atoms with Crippen LogP contribution in [0.5, 0.6) is 0 Å². The van der Waals surface area contributed by atoms with Crippen molar-refractivity contribution in [2.24, 2.45) is 11.7 Å². The molecule has 1 fully saturated rings. The summed E-state index contributed by atoms with van der Waals surface area (Å²) in [7, 11) is 0. The van der Waals surface area contributed by atoms with E-state index < -0.39 is 0 Å². The van der Waals surface area contributed by atoms with E-state index >= 15 is 0 Å². The first-order valence-electron chi connectivity index (χ1n) is 7.15. The Balaban J connectivity index is 0.00000180. The molecule has 0 amide bonds. The molecule has 0 aliphatic carbocycles. The number of hydrogen-bond acceptors (Lipinski definition) is 3. The Morgan fingerprint density at radius 3 is 2.89 bits per heavy atom. The van der Waals surface area contributed by atoms with E-state index in [2.05, 4.69) is 36.1 Å². The fourth-order valence-electron chi connectivity index (χ4n) is 2.74. The number of rotatable bonds is 5. The maximum Gasteiger partial charge on any atom is 0.0764 e. The van der Waals surface area contributed by atoms with Crippen molar-refractivity contribution in [3.05, 3.63) is 18.0 Å². The topological polar surface area (TPSA) is 47.1 Å². The van der Waals surface area contributed by atoms with Crippen LogP contribution in [-0.4, -0.2) is 34.3 Å². The van der Waals surface area contributed by atoms with E-state index in [0.717, 1.165) is 25.4 Å². The van der Waals surface area contributed by atoms with Gasteiger partial charge in [-0.05, 0) is 58.2 Å². The first kappa shape index (κ1) is 16.5. The SMILES string of the molecule is CC(C)n1ccc(CN2CCCC(CCN)C2)n1.Cl. The van der Waals surface area contributed by atoms with Crippen molar-refractivity contribution in [3.8, 4) is 0 Å². The van der Waals surface area contributed by atoms with Crippen LogP contribution in [0.2, 0.25) is 0 Å². The van der Waals surface area contributed by atoms with Crippen LogP contribution < -0.4 is 5.73 Å². The van der Waals surface area contributed by atoms with Crippen LogP contribution in [-0.2, 0) is 6.54 Å². The maximum atomic E-state index is 5.66. The smallest absolute Gasteiger partial charge is 0.0764 e. The van der Waals surface area contributed by atoms with Crippen molar-refractivity contribution in [1.82, 2.24) is 14.7 Å². The molecular formula is C14H27ClN4. The Hall–Kier alpha value is -0.580. The van der Waals surface area contributed by atoms with Crippen LogP contribution in [0.15, 0.2) is 12.3 Å². The summed E-state index contributed by atoms with van der Waals surface area (Å²) in [6, 6.07) is 2.59. The van der Waals surface area contributed by atoms with Crippen LogP contribution in [0.3, 0.4) is 0 Å². The fourth-order valence-corrected chi connectivity index (χ4v) is 2.74. The summed E-state index contributed by atoms with van der Waals surface area (Å²) in [5.74, 6) is 0.788. The number of aromatic nitrogens is 2. The minimum Gasteiger partial charge on any atom is -0.330 e. The van der Waals surface area contributed by atoms with Gasteiger partial charge in [-0.25, -0.2) is 0 Å². The summed E-state index contributed by atoms with van der Waals surface area (Å²) < 4.78 is 2.04. The van der Waals surface area contributed by atoms with Crippen LogP contribution in [0.1, 0.15) is 44.8 Å². The number of nitrogens with zero attached hydrogens (tertiary/aromatic N) is 3. The molecule has 1 aromatic heterocycles. The number of likely N-dealkylation sites (tertiary alicyclic amines) is 1. The average Bonchev–Trinajstić information content (AvgIpc) is 2.78. The molecule has 1 unspecified atom stereocenters. The monoisotopic (exact) mass is 286 g/mol. The standard InChI is InChI=1S/C14H26N4.ClH/c1-12(2)18-9-6-14(16-18)11-17-8-3-4-13(10-17)5-7-15;/h6,9,12-13H,3-5,7-8,10-11,15H2,1-2H3;1H. The molecule has 0 aromatic carbocycles. The van der Waals surface area contributed by atoms with Crippen molar-refractivity contribution in [1.29, 1.82) is 0 Å². The van der Waals surface area contributed by atoms with Gasteiger partial charge in [0.15, 0.2) is 0 Å². The summed E-state index contributed by atoms with van der Waals surface area (Å²) in [5, 5.41) is 4.63. The van der Waals surface area contributed by atoms with Gasteiger partial charge in [-0.2, -0.15) is 5.10 Å². The van der Waals surface area contributed by atoms with Gasteiger partial charge in [0, 0.05) is 25.3 Å². The lowest BCUT2D eigenvalue weighted by atomic mass is 9.95. The van der Waals surface area contributed by atoms with Gasteiger partial charge < -0.3 is 5.73 Å². The molecule has 1 saturated heterocycles. The third-order valence-corrected chi connectivity index (χ3v) is 3.76. The third-order valence-electron chi connectivity index (χ3n) is 3.76. The molecule has 2 heterocycles. The second-order valence-electron chi connectivity index (χ2n) is 5.70. The van der Waals surface area contributed by atoms with Gasteiger partial charge in [-0.3, -0.25) is 9.58 Å². The number of nitrogens with two attached hydrogens (primary N) is 1. The zero-order valence-corrected chi connectivity index (χ0v) is 12.9. The predicted molar refractivity (Wildman–Crippen MR) is 81.5 cm³/mol. The van der Waals surface area contributed by atoms with Crippen LogP contribution in [0, 0.1) is 5.92 Å². The summed E-state index contributed by atoms with van der Waals surface area (Å²) >= 11 is 0. The van der Waals surface area contributed by atoms with Gasteiger partial charge in [-0.15, -0.1) is 12.4 Å². The average molecular weight is 287 g/mol. The van der Waals surface area contributed by atoms with E-state index in [1.807, 2.05) is 4.68 Å². The first-order valence-corrected chi connectivity index (χ1v) is 7.15. The van der Waals surface area contributed by atoms with Crippen molar-refractivity contribution >= 4 is 12.4 Å². The summed E-state index contributed by atoms with van der Waals surface area (Å²) in [6.45, 7) is 8.52. The lowest BCUT2D eigenvalue weighted by Gasteiger charge is -2.32. The minimum atomic E-state index is 0. The van der Waals surface area contributed by atoms with Gasteiger partial charge in [0.2, 0.25) is 0 Å². The molecule has 0 radical (unpaired) electrons. The molecule has 0 saturated carbocycles. The molecule has 1 atom stereocenters. The van der Waals surface area contributed by atoms with Crippen LogP contribution >= 0.6 is 12.4 Å². The normalized spacial score (nSPS) is 20.5. The van der Waals surface area contributed by atoms with Crippen LogP contribution in [0.25, 0.3) is 0 Å². The predicted octanol–water partition coefficient (Wildman–Crippen LogP) is 2.45. The van der Waals surface area contributed by atoms with Crippen molar-refractivity contribution in [2.75, 3.05) is 19.6 Å². The van der Waals surface area contributed by atoms with Gasteiger partial charge in [0.05, 0.1) is 5.69 Å². The second kappa shape index (κ2) is 7.88. The van der Waals surface area contributed by atoms with E-state index in [1.54, 1.807) is 0 Å². The molecule has 1 aromatic rings. The zero-order chi connectivity index (χ0) is 13.0. The number of piperidine rings is 1. The lowest BCUT2D eigenvalue weighted by Crippen LogP contribution is -2.35. The molecular weight excluding hydrogens is 260 g/mol. The largest absolute Gasteiger partial charge is 0.330 e. The maximum absolute atomic E-state index is 5.66. The first-order chi connectivity index (χ1) is 8.69. The Bertz CT molecular complexity index is 362. The molecule has 4 nitrogen and oxygen atoms in total. The minimum absolute atomic E-state index is 0. The second-order valence-corrected chi connectivity index (χ2v) is 5.70. The van der Waals surface area contributed by atoms with Gasteiger partial charge in [0.1, 0.15) is 0 Å². The van der Waals surface area contributed by atoms with Crippen molar-refractivity contribution in [3.63, 3.8) is 0 Å². The number of halogens is 1. The molecule has 5 heteroatoms. The molecule has 2 N–H and O–H groups in total. The Labute approximate surface area is 122 Å². The summed E-state index contributed by atoms with van der Waals surface area (Å²) in [5.41, 5.74) is 6.85. The quantitative estimate of drug-likeness (QED) is 0.904. The van der Waals surface area contributed by atoms with E-state index in [4.69, 9.17) is 5.73 Å². The zero-order valence-electron chi connectivity index (χ0n) is 12.1. The molecule has 110 valence electrons. The van der Waals surface area contributed by atoms with Crippen molar-refractivity contribution < 1.29 is 0 Å². The Morgan fingerprint density at radius 2 is 2.26 bits per heavy atom. The number of hydrogen-bond donors (Lipinski definition) is 1. The molecule has 0 bridgehead atoms. The molecule has 0 spiro atoms. The highest BCUT2D eigenvalue weighted by atomic mass is 35.5. The van der Waals surface area contributed by atoms with E-state index in [-0.39, 0.29) is 12.4 Å². The summed E-state index contributed by atoms with van der Waals surface area (Å²) in [4.78, 5) is 2.52. The highest BCUT2D eigenvalue weighted by Gasteiger charge is 2.19. The van der Waals surface area contributed by atoms with Crippen LogP contribution in [0.4, 0.5) is 0 Å². The summed E-state index contributed by atoms with van der Waals surface area (Å²) in [6.07, 6.45) is 5.89. The third kappa shape index (κ3) is 4.79. The van der Waals surface area contributed by atoms with E-state index in [1.165, 1.54) is 31.6 Å². The molecule has 1 aliphatic rings. The van der Waals surface area contributed by atoms with Gasteiger partial charge in [0.25, 0.3) is 0 Å². The fraction of sp³-hybridized carbons (Fsp3) is 0.786. The molecule has 19 heavy (non-hydrogen) atoms. The van der Waals surface area contributed by atoms with Gasteiger partial charge in [-0.1, -0.05) is 0 Å². The Kier molecular flexibility index (Phi) is 6.83. The lowest BCUT2D eigenvalue weighted by molar-refractivity contribution is 0.161.